The van der Waals surface area contributed by atoms with Crippen molar-refractivity contribution >= 4 is 21.8 Å². The Morgan fingerprint density at radius 2 is 1.87 bits per heavy atom. The molecular weight excluding hydrogens is 332 g/mol. The van der Waals surface area contributed by atoms with E-state index in [1.54, 1.807) is 14.1 Å². The first kappa shape index (κ1) is 18.0. The molecule has 0 N–H and O–H groups in total. The fourth-order valence-electron chi connectivity index (χ4n) is 2.12. The van der Waals surface area contributed by atoms with Crippen molar-refractivity contribution in [3.8, 4) is 5.69 Å². The number of aryl methyl sites for hydroxylation is 2. The summed E-state index contributed by atoms with van der Waals surface area (Å²) in [5.74, 6) is 1.64. The summed E-state index contributed by atoms with van der Waals surface area (Å²) in [6.07, 6.45) is 0.574. The van der Waals surface area contributed by atoms with Crippen LogP contribution in [0.15, 0.2) is 29.4 Å². The lowest BCUT2D eigenvalue weighted by atomic mass is 10.2. The van der Waals surface area contributed by atoms with Crippen LogP contribution in [0.4, 0.5) is 0 Å². The lowest BCUT2D eigenvalue weighted by Gasteiger charge is -2.12. The molecule has 0 spiro atoms. The number of aromatic nitrogens is 3. The van der Waals surface area contributed by atoms with Crippen LogP contribution in [-0.2, 0) is 10.0 Å². The molecule has 0 bridgehead atoms. The van der Waals surface area contributed by atoms with Crippen LogP contribution in [0.25, 0.3) is 5.69 Å². The standard InChI is InChI=1S/C15H22N4O2S2/c1-12-8-5-6-9-14(12)19-13(2)16-17-15(19)22-10-7-11-23(20,21)18(3)4/h5-6,8-9H,7,10-11H2,1-4H3. The van der Waals surface area contributed by atoms with Crippen LogP contribution in [0.3, 0.4) is 0 Å². The highest BCUT2D eigenvalue weighted by Crippen LogP contribution is 2.24. The lowest BCUT2D eigenvalue weighted by molar-refractivity contribution is 0.520. The highest BCUT2D eigenvalue weighted by Gasteiger charge is 2.15. The molecular formula is C15H22N4O2S2. The van der Waals surface area contributed by atoms with Gasteiger partial charge in [0.25, 0.3) is 0 Å². The summed E-state index contributed by atoms with van der Waals surface area (Å²) in [7, 11) is -0.0269. The SMILES string of the molecule is Cc1ccccc1-n1c(C)nnc1SCCCS(=O)(=O)N(C)C. The van der Waals surface area contributed by atoms with E-state index in [4.69, 9.17) is 0 Å². The predicted molar refractivity (Wildman–Crippen MR) is 93.6 cm³/mol. The van der Waals surface area contributed by atoms with E-state index >= 15 is 0 Å². The van der Waals surface area contributed by atoms with Crippen molar-refractivity contribution in [3.05, 3.63) is 35.7 Å². The second-order valence-electron chi connectivity index (χ2n) is 5.45. The largest absolute Gasteiger partial charge is 0.274 e. The Hall–Kier alpha value is -1.38. The molecule has 0 saturated heterocycles. The molecule has 0 atom stereocenters. The van der Waals surface area contributed by atoms with Crippen molar-refractivity contribution in [3.63, 3.8) is 0 Å². The third-order valence-corrected chi connectivity index (χ3v) is 6.42. The Kier molecular flexibility index (Phi) is 5.83. The quantitative estimate of drug-likeness (QED) is 0.563. The molecule has 1 heterocycles. The minimum atomic E-state index is -3.14. The maximum atomic E-state index is 11.8. The van der Waals surface area contributed by atoms with Crippen LogP contribution < -0.4 is 0 Å². The van der Waals surface area contributed by atoms with Crippen molar-refractivity contribution in [1.29, 1.82) is 0 Å². The van der Waals surface area contributed by atoms with Crippen LogP contribution >= 0.6 is 11.8 Å². The first-order chi connectivity index (χ1) is 10.8. The Morgan fingerprint density at radius 3 is 2.52 bits per heavy atom. The van der Waals surface area contributed by atoms with Gasteiger partial charge in [0, 0.05) is 19.8 Å². The average molecular weight is 355 g/mol. The first-order valence-electron chi connectivity index (χ1n) is 7.34. The topological polar surface area (TPSA) is 68.1 Å². The van der Waals surface area contributed by atoms with E-state index in [-0.39, 0.29) is 5.75 Å². The molecule has 0 aliphatic rings. The van der Waals surface area contributed by atoms with Crippen LogP contribution in [0.5, 0.6) is 0 Å². The van der Waals surface area contributed by atoms with Gasteiger partial charge in [-0.2, -0.15) is 0 Å². The summed E-state index contributed by atoms with van der Waals surface area (Å²) < 4.78 is 26.8. The molecule has 0 aliphatic carbocycles. The number of nitrogens with zero attached hydrogens (tertiary/aromatic N) is 4. The normalized spacial score (nSPS) is 12.0. The van der Waals surface area contributed by atoms with Gasteiger partial charge in [-0.1, -0.05) is 30.0 Å². The van der Waals surface area contributed by atoms with Crippen LogP contribution in [0.2, 0.25) is 0 Å². The van der Waals surface area contributed by atoms with Crippen molar-refractivity contribution in [1.82, 2.24) is 19.1 Å². The van der Waals surface area contributed by atoms with Gasteiger partial charge in [0.15, 0.2) is 5.16 Å². The molecule has 0 amide bonds. The summed E-state index contributed by atoms with van der Waals surface area (Å²) in [6, 6.07) is 8.07. The minimum absolute atomic E-state index is 0.143. The van der Waals surface area contributed by atoms with Crippen molar-refractivity contribution in [2.75, 3.05) is 25.6 Å². The lowest BCUT2D eigenvalue weighted by Crippen LogP contribution is -2.25. The summed E-state index contributed by atoms with van der Waals surface area (Å²) in [5, 5.41) is 9.16. The molecule has 1 aromatic carbocycles. The van der Waals surface area contributed by atoms with E-state index in [1.807, 2.05) is 42.7 Å². The van der Waals surface area contributed by atoms with Crippen molar-refractivity contribution < 1.29 is 8.42 Å². The molecule has 126 valence electrons. The zero-order valence-electron chi connectivity index (χ0n) is 13.9. The van der Waals surface area contributed by atoms with Crippen molar-refractivity contribution in [2.45, 2.75) is 25.4 Å². The fourth-order valence-corrected chi connectivity index (χ4v) is 4.10. The van der Waals surface area contributed by atoms with E-state index in [9.17, 15) is 8.42 Å². The van der Waals surface area contributed by atoms with Gasteiger partial charge in [-0.25, -0.2) is 12.7 Å². The second kappa shape index (κ2) is 7.46. The Morgan fingerprint density at radius 1 is 1.17 bits per heavy atom. The number of para-hydroxylation sites is 1. The van der Waals surface area contributed by atoms with Gasteiger partial charge in [0.1, 0.15) is 5.82 Å². The molecule has 0 radical (unpaired) electrons. The summed E-state index contributed by atoms with van der Waals surface area (Å²) >= 11 is 1.53. The Bertz CT molecular complexity index is 770. The summed E-state index contributed by atoms with van der Waals surface area (Å²) in [6.45, 7) is 3.97. The number of benzene rings is 1. The maximum Gasteiger partial charge on any atom is 0.213 e. The van der Waals surface area contributed by atoms with E-state index in [0.29, 0.717) is 12.2 Å². The van der Waals surface area contributed by atoms with E-state index in [1.165, 1.54) is 16.1 Å². The predicted octanol–water partition coefficient (Wildman–Crippen LogP) is 2.26. The molecule has 0 aliphatic heterocycles. The fraction of sp³-hybridized carbons (Fsp3) is 0.467. The van der Waals surface area contributed by atoms with Gasteiger partial charge >= 0.3 is 0 Å². The van der Waals surface area contributed by atoms with Gasteiger partial charge in [-0.15, -0.1) is 10.2 Å². The number of sulfonamides is 1. The summed E-state index contributed by atoms with van der Waals surface area (Å²) in [5.41, 5.74) is 2.20. The first-order valence-corrected chi connectivity index (χ1v) is 9.93. The molecule has 1 aromatic heterocycles. The molecule has 0 fully saturated rings. The number of hydrogen-bond acceptors (Lipinski definition) is 5. The van der Waals surface area contributed by atoms with Gasteiger partial charge in [-0.3, -0.25) is 4.57 Å². The van der Waals surface area contributed by atoms with Crippen LogP contribution in [-0.4, -0.2) is 53.1 Å². The molecule has 2 aromatic rings. The van der Waals surface area contributed by atoms with E-state index in [2.05, 4.69) is 10.2 Å². The number of rotatable bonds is 7. The maximum absolute atomic E-state index is 11.8. The molecule has 0 unspecified atom stereocenters. The van der Waals surface area contributed by atoms with Gasteiger partial charge < -0.3 is 0 Å². The number of thioether (sulfide) groups is 1. The summed E-state index contributed by atoms with van der Waals surface area (Å²) in [4.78, 5) is 0. The van der Waals surface area contributed by atoms with Gasteiger partial charge in [0.2, 0.25) is 10.0 Å². The van der Waals surface area contributed by atoms with Gasteiger partial charge in [0.05, 0.1) is 11.4 Å². The Balaban J connectivity index is 2.07. The Labute approximate surface area is 142 Å². The van der Waals surface area contributed by atoms with E-state index < -0.39 is 10.0 Å². The highest BCUT2D eigenvalue weighted by atomic mass is 32.2. The van der Waals surface area contributed by atoms with Crippen LogP contribution in [0.1, 0.15) is 17.8 Å². The molecule has 8 heteroatoms. The van der Waals surface area contributed by atoms with E-state index in [0.717, 1.165) is 22.2 Å². The zero-order chi connectivity index (χ0) is 17.0. The third-order valence-electron chi connectivity index (χ3n) is 3.49. The number of hydrogen-bond donors (Lipinski definition) is 0. The molecule has 23 heavy (non-hydrogen) atoms. The smallest absolute Gasteiger partial charge is 0.213 e. The third kappa shape index (κ3) is 4.33. The van der Waals surface area contributed by atoms with Gasteiger partial charge in [-0.05, 0) is 31.9 Å². The minimum Gasteiger partial charge on any atom is -0.274 e. The average Bonchev–Trinajstić information content (AvgIpc) is 2.85. The van der Waals surface area contributed by atoms with Crippen LogP contribution in [0, 0.1) is 13.8 Å². The monoisotopic (exact) mass is 354 g/mol. The molecule has 6 nitrogen and oxygen atoms in total. The zero-order valence-corrected chi connectivity index (χ0v) is 15.5. The highest BCUT2D eigenvalue weighted by molar-refractivity contribution is 7.99. The second-order valence-corrected chi connectivity index (χ2v) is 8.82. The molecule has 2 rings (SSSR count). The van der Waals surface area contributed by atoms with Crippen molar-refractivity contribution in [2.24, 2.45) is 0 Å². The molecule has 0 saturated carbocycles.